The monoisotopic (exact) mass is 582 g/mol. The summed E-state index contributed by atoms with van der Waals surface area (Å²) in [4.78, 5) is 84.8. The highest BCUT2D eigenvalue weighted by Gasteiger charge is 2.22. The Labute approximate surface area is 230 Å². The molecule has 0 atom stereocenters. The van der Waals surface area contributed by atoms with Crippen LogP contribution in [0, 0.1) is 0 Å². The summed E-state index contributed by atoms with van der Waals surface area (Å²) in [5.74, 6) is -9.00. The van der Waals surface area contributed by atoms with Gasteiger partial charge in [0.25, 0.3) is 17.7 Å². The number of nitrogens with one attached hydrogen (secondary N) is 1. The van der Waals surface area contributed by atoms with Crippen LogP contribution in [0.1, 0.15) is 16.8 Å². The molecule has 19 heteroatoms. The molecule has 222 valence electrons. The first-order valence-electron chi connectivity index (χ1n) is 11.4. The van der Waals surface area contributed by atoms with E-state index in [1.807, 2.05) is 0 Å². The van der Waals surface area contributed by atoms with E-state index in [-0.39, 0.29) is 30.2 Å². The first-order valence-corrected chi connectivity index (χ1v) is 11.4. The van der Waals surface area contributed by atoms with Crippen LogP contribution < -0.4 is 14.8 Å². The summed E-state index contributed by atoms with van der Waals surface area (Å²) in [7, 11) is 0. The molecule has 0 saturated heterocycles. The molecule has 0 aliphatic heterocycles. The molecule has 1 aromatic rings. The zero-order chi connectivity index (χ0) is 30.9. The fourth-order valence-corrected chi connectivity index (χ4v) is 2.96. The topological polar surface area (TPSA) is 286 Å². The van der Waals surface area contributed by atoms with E-state index in [0.717, 1.165) is 18.2 Å². The first-order chi connectivity index (χ1) is 19.3. The molecular formula is C22H26N6O13. The zero-order valence-corrected chi connectivity index (χ0v) is 21.3. The summed E-state index contributed by atoms with van der Waals surface area (Å²) in [5.41, 5.74) is 8.20. The summed E-state index contributed by atoms with van der Waals surface area (Å²) < 4.78 is 10.6. The van der Waals surface area contributed by atoms with Crippen LogP contribution in [0.3, 0.4) is 0 Å². The number of rotatable bonds is 19. The molecule has 41 heavy (non-hydrogen) atoms. The minimum absolute atomic E-state index is 0.0920. The van der Waals surface area contributed by atoms with Crippen molar-refractivity contribution < 1.29 is 63.5 Å². The van der Waals surface area contributed by atoms with Crippen molar-refractivity contribution in [2.75, 3.05) is 52.5 Å². The van der Waals surface area contributed by atoms with Gasteiger partial charge in [-0.1, -0.05) is 5.11 Å². The van der Waals surface area contributed by atoms with Gasteiger partial charge in [0.05, 0.1) is 0 Å². The van der Waals surface area contributed by atoms with Gasteiger partial charge < -0.3 is 45.0 Å². The number of benzene rings is 1. The molecule has 0 aromatic heterocycles. The summed E-state index contributed by atoms with van der Waals surface area (Å²) >= 11 is 0. The van der Waals surface area contributed by atoms with E-state index in [0.29, 0.717) is 16.2 Å². The Morgan fingerprint density at radius 2 is 1.17 bits per heavy atom. The van der Waals surface area contributed by atoms with Gasteiger partial charge in [-0.05, 0) is 24.1 Å². The molecule has 5 N–H and O–H groups in total. The van der Waals surface area contributed by atoms with Crippen molar-refractivity contribution in [1.82, 2.24) is 15.1 Å². The Balaban J connectivity index is 3.13. The molecular weight excluding hydrogens is 556 g/mol. The summed E-state index contributed by atoms with van der Waals surface area (Å²) in [5, 5.41) is 41.5. The minimum Gasteiger partial charge on any atom is -0.484 e. The van der Waals surface area contributed by atoms with E-state index in [9.17, 15) is 33.6 Å². The Kier molecular flexibility index (Phi) is 13.9. The van der Waals surface area contributed by atoms with E-state index in [4.69, 9.17) is 35.4 Å². The van der Waals surface area contributed by atoms with Gasteiger partial charge in [-0.15, -0.1) is 0 Å². The van der Waals surface area contributed by atoms with Crippen molar-refractivity contribution in [2.24, 2.45) is 5.11 Å². The molecule has 1 aromatic carbocycles. The van der Waals surface area contributed by atoms with E-state index in [1.165, 1.54) is 0 Å². The van der Waals surface area contributed by atoms with Crippen molar-refractivity contribution >= 4 is 41.6 Å². The van der Waals surface area contributed by atoms with Crippen LogP contribution in [0.25, 0.3) is 10.4 Å². The summed E-state index contributed by atoms with van der Waals surface area (Å²) in [6, 6.07) is 3.44. The molecule has 0 fully saturated rings. The second kappa shape index (κ2) is 17.1. The number of carbonyl (C=O) groups is 7. The number of aliphatic carboxylic acids is 4. The van der Waals surface area contributed by atoms with Gasteiger partial charge in [0, 0.05) is 29.6 Å². The van der Waals surface area contributed by atoms with E-state index < -0.39 is 81.0 Å². The van der Waals surface area contributed by atoms with Crippen LogP contribution in [-0.4, -0.2) is 124 Å². The number of nitrogens with zero attached hydrogens (tertiary/aromatic N) is 5. The third-order valence-electron chi connectivity index (χ3n) is 4.66. The Morgan fingerprint density at radius 1 is 0.756 bits per heavy atom. The molecule has 1 rings (SSSR count). The van der Waals surface area contributed by atoms with Crippen LogP contribution in [0.2, 0.25) is 0 Å². The van der Waals surface area contributed by atoms with Crippen molar-refractivity contribution in [3.8, 4) is 11.5 Å². The molecule has 0 unspecified atom stereocenters. The Hall–Kier alpha value is -5.58. The number of amides is 3. The van der Waals surface area contributed by atoms with Crippen molar-refractivity contribution in [1.29, 1.82) is 0 Å². The fraction of sp³-hybridized carbons (Fsp3) is 0.409. The Morgan fingerprint density at radius 3 is 1.54 bits per heavy atom. The minimum atomic E-state index is -1.47. The quantitative estimate of drug-likeness (QED) is 0.0559. The Bertz CT molecular complexity index is 1110. The molecule has 0 radical (unpaired) electrons. The maximum absolute atomic E-state index is 12.6. The van der Waals surface area contributed by atoms with Gasteiger partial charge in [-0.25, -0.2) is 0 Å². The molecule has 3 amide bonds. The average Bonchev–Trinajstić information content (AvgIpc) is 2.88. The van der Waals surface area contributed by atoms with Crippen molar-refractivity contribution in [3.63, 3.8) is 0 Å². The number of carboxylic acid groups (broad SMARTS) is 4. The number of azide groups is 1. The highest BCUT2D eigenvalue weighted by molar-refractivity contribution is 5.95. The average molecular weight is 582 g/mol. The van der Waals surface area contributed by atoms with Gasteiger partial charge in [0.1, 0.15) is 37.7 Å². The zero-order valence-electron chi connectivity index (χ0n) is 21.3. The third-order valence-corrected chi connectivity index (χ3v) is 4.66. The second-order valence-corrected chi connectivity index (χ2v) is 7.91. The van der Waals surface area contributed by atoms with E-state index in [2.05, 4.69) is 15.3 Å². The van der Waals surface area contributed by atoms with Gasteiger partial charge in [0.2, 0.25) is 0 Å². The van der Waals surface area contributed by atoms with Gasteiger partial charge >= 0.3 is 23.9 Å². The second-order valence-electron chi connectivity index (χ2n) is 7.91. The largest absolute Gasteiger partial charge is 0.484 e. The van der Waals surface area contributed by atoms with Gasteiger partial charge in [0.15, 0.2) is 13.2 Å². The lowest BCUT2D eigenvalue weighted by Crippen LogP contribution is -2.42. The summed E-state index contributed by atoms with van der Waals surface area (Å²) in [6.45, 7) is -5.19. The van der Waals surface area contributed by atoms with E-state index in [1.54, 1.807) is 0 Å². The van der Waals surface area contributed by atoms with Crippen LogP contribution in [0.4, 0.5) is 0 Å². The molecule has 0 aliphatic carbocycles. The lowest BCUT2D eigenvalue weighted by Gasteiger charge is -2.20. The normalized spacial score (nSPS) is 9.95. The smallest absolute Gasteiger partial charge is 0.323 e. The standard InChI is InChI=1S/C22H26N6O13/c23-26-25-3-1-2-24-22(39)13-4-14(40-11-16(29)27(7-18(31)32)8-19(33)34)6-15(5-13)41-12-17(30)28(9-20(35)36)10-21(37)38/h4-6H,1-3,7-12H2,(H,24,39)(H,31,32)(H,33,34)(H,35,36)(H,37,38). The summed E-state index contributed by atoms with van der Waals surface area (Å²) in [6.07, 6.45) is 0.296. The van der Waals surface area contributed by atoms with Crippen LogP contribution in [-0.2, 0) is 28.8 Å². The van der Waals surface area contributed by atoms with E-state index >= 15 is 0 Å². The first kappa shape index (κ1) is 33.4. The number of carbonyl (C=O) groups excluding carboxylic acids is 3. The molecule has 19 nitrogen and oxygen atoms in total. The van der Waals surface area contributed by atoms with Gasteiger partial charge in [-0.2, -0.15) is 0 Å². The van der Waals surface area contributed by atoms with Crippen molar-refractivity contribution in [2.45, 2.75) is 6.42 Å². The SMILES string of the molecule is [N-]=[N+]=NCCCNC(=O)c1cc(OCC(=O)N(CC(=O)O)CC(=O)O)cc(OCC(=O)N(CC(=O)O)CC(=O)O)c1. The molecule has 0 spiro atoms. The molecule has 0 saturated carbocycles. The lowest BCUT2D eigenvalue weighted by molar-refractivity contribution is -0.150. The van der Waals surface area contributed by atoms with Crippen molar-refractivity contribution in [3.05, 3.63) is 34.2 Å². The lowest BCUT2D eigenvalue weighted by atomic mass is 10.2. The highest BCUT2D eigenvalue weighted by Crippen LogP contribution is 2.23. The maximum Gasteiger partial charge on any atom is 0.323 e. The highest BCUT2D eigenvalue weighted by atomic mass is 16.5. The van der Waals surface area contributed by atoms with Crippen LogP contribution in [0.15, 0.2) is 23.3 Å². The number of ether oxygens (including phenoxy) is 2. The fourth-order valence-electron chi connectivity index (χ4n) is 2.96. The van der Waals surface area contributed by atoms with Crippen LogP contribution >= 0.6 is 0 Å². The molecule has 0 bridgehead atoms. The number of hydrogen-bond acceptors (Lipinski definition) is 10. The molecule has 0 heterocycles. The third kappa shape index (κ3) is 13.7. The number of carboxylic acids is 4. The predicted octanol–water partition coefficient (Wildman–Crippen LogP) is -1.13. The predicted molar refractivity (Wildman–Crippen MR) is 132 cm³/mol. The molecule has 0 aliphatic rings. The van der Waals surface area contributed by atoms with Gasteiger partial charge in [-0.3, -0.25) is 33.6 Å². The van der Waals surface area contributed by atoms with Crippen LogP contribution in [0.5, 0.6) is 11.5 Å². The maximum atomic E-state index is 12.6. The number of hydrogen-bond donors (Lipinski definition) is 5.